The van der Waals surface area contributed by atoms with Crippen molar-refractivity contribution in [1.82, 2.24) is 4.90 Å². The van der Waals surface area contributed by atoms with Crippen molar-refractivity contribution >= 4 is 33.2 Å². The smallest absolute Gasteiger partial charge is 0.262 e. The molecule has 0 spiro atoms. The van der Waals surface area contributed by atoms with E-state index in [1.807, 2.05) is 26.0 Å². The number of hydrogen-bond acceptors (Lipinski definition) is 4. The lowest BCUT2D eigenvalue weighted by Crippen LogP contribution is -2.28. The zero-order chi connectivity index (χ0) is 25.2. The maximum Gasteiger partial charge on any atom is 0.262 e. The third-order valence-electron chi connectivity index (χ3n) is 6.18. The van der Waals surface area contributed by atoms with E-state index in [1.54, 1.807) is 54.3 Å². The number of benzene rings is 3. The Morgan fingerprint density at radius 3 is 2.26 bits per heavy atom. The second kappa shape index (κ2) is 9.92. The van der Waals surface area contributed by atoms with Gasteiger partial charge < -0.3 is 10.2 Å². The molecule has 7 nitrogen and oxygen atoms in total. The van der Waals surface area contributed by atoms with Crippen molar-refractivity contribution in [3.63, 3.8) is 0 Å². The van der Waals surface area contributed by atoms with Gasteiger partial charge in [-0.3, -0.25) is 14.3 Å². The third-order valence-corrected chi connectivity index (χ3v) is 7.68. The van der Waals surface area contributed by atoms with Gasteiger partial charge in [-0.05, 0) is 80.6 Å². The average molecular weight is 492 g/mol. The topological polar surface area (TPSA) is 95.6 Å². The molecule has 1 aliphatic rings. The summed E-state index contributed by atoms with van der Waals surface area (Å²) in [6.07, 6.45) is 1.94. The van der Waals surface area contributed by atoms with Crippen LogP contribution in [-0.4, -0.2) is 38.2 Å². The van der Waals surface area contributed by atoms with Crippen molar-refractivity contribution < 1.29 is 18.0 Å². The first kappa shape index (κ1) is 24.5. The number of aryl methyl sites for hydroxylation is 3. The van der Waals surface area contributed by atoms with Crippen LogP contribution in [0.15, 0.2) is 65.6 Å². The minimum Gasteiger partial charge on any atom is -0.339 e. The summed E-state index contributed by atoms with van der Waals surface area (Å²) in [6.45, 7) is 6.81. The quantitative estimate of drug-likeness (QED) is 0.513. The first-order valence-corrected chi connectivity index (χ1v) is 13.0. The van der Waals surface area contributed by atoms with Gasteiger partial charge in [-0.1, -0.05) is 30.3 Å². The second-order valence-electron chi connectivity index (χ2n) is 8.90. The van der Waals surface area contributed by atoms with Crippen LogP contribution in [0, 0.1) is 20.8 Å². The molecule has 1 saturated heterocycles. The summed E-state index contributed by atoms with van der Waals surface area (Å²) in [5.74, 6) is -0.613. The highest BCUT2D eigenvalue weighted by Gasteiger charge is 2.24. The first-order valence-electron chi connectivity index (χ1n) is 11.6. The van der Waals surface area contributed by atoms with E-state index < -0.39 is 15.9 Å². The Balaban J connectivity index is 1.60. The van der Waals surface area contributed by atoms with Crippen LogP contribution in [0.1, 0.15) is 50.2 Å². The van der Waals surface area contributed by atoms with Crippen molar-refractivity contribution in [2.24, 2.45) is 0 Å². The van der Waals surface area contributed by atoms with E-state index in [2.05, 4.69) is 10.0 Å². The summed E-state index contributed by atoms with van der Waals surface area (Å²) in [5, 5.41) is 2.79. The number of likely N-dealkylation sites (tertiary alicyclic amines) is 1. The summed E-state index contributed by atoms with van der Waals surface area (Å²) in [5.41, 5.74) is 3.73. The minimum absolute atomic E-state index is 0.0208. The molecule has 1 aliphatic heterocycles. The zero-order valence-corrected chi connectivity index (χ0v) is 20.9. The second-order valence-corrected chi connectivity index (χ2v) is 10.6. The van der Waals surface area contributed by atoms with E-state index in [1.165, 1.54) is 6.07 Å². The van der Waals surface area contributed by atoms with Crippen molar-refractivity contribution in [3.8, 4) is 0 Å². The lowest BCUT2D eigenvalue weighted by atomic mass is 10.1. The number of nitrogens with one attached hydrogen (secondary N) is 2. The number of para-hydroxylation sites is 1. The molecule has 2 N–H and O–H groups in total. The van der Waals surface area contributed by atoms with Gasteiger partial charge in [-0.2, -0.15) is 0 Å². The molecule has 0 radical (unpaired) electrons. The summed E-state index contributed by atoms with van der Waals surface area (Å²) in [6, 6.07) is 16.9. The van der Waals surface area contributed by atoms with E-state index in [-0.39, 0.29) is 16.4 Å². The SMILES string of the molecule is Cc1ccc(C)c(NS(=O)(=O)c2cc(C(=O)Nc3ccccc3C(=O)N3CCCC3)ccc2C)c1. The van der Waals surface area contributed by atoms with E-state index >= 15 is 0 Å². The molecule has 1 fully saturated rings. The summed E-state index contributed by atoms with van der Waals surface area (Å²) >= 11 is 0. The standard InChI is InChI=1S/C27H29N3O4S/c1-18-10-11-19(2)24(16-18)29-35(33,34)25-17-21(13-12-20(25)3)26(31)28-23-9-5-4-8-22(23)27(32)30-14-6-7-15-30/h4-5,8-13,16-17,29H,6-7,14-15H2,1-3H3,(H,28,31). The van der Waals surface area contributed by atoms with E-state index in [4.69, 9.17) is 0 Å². The van der Waals surface area contributed by atoms with Gasteiger partial charge in [0.2, 0.25) is 0 Å². The molecule has 0 saturated carbocycles. The molecule has 35 heavy (non-hydrogen) atoms. The molecular formula is C27H29N3O4S. The lowest BCUT2D eigenvalue weighted by Gasteiger charge is -2.18. The van der Waals surface area contributed by atoms with Crippen LogP contribution in [-0.2, 0) is 10.0 Å². The van der Waals surface area contributed by atoms with E-state index in [0.717, 1.165) is 24.0 Å². The highest BCUT2D eigenvalue weighted by atomic mass is 32.2. The molecular weight excluding hydrogens is 462 g/mol. The fraction of sp³-hybridized carbons (Fsp3) is 0.259. The highest BCUT2D eigenvalue weighted by molar-refractivity contribution is 7.92. The largest absolute Gasteiger partial charge is 0.339 e. The van der Waals surface area contributed by atoms with Gasteiger partial charge in [-0.25, -0.2) is 8.42 Å². The molecule has 0 unspecified atom stereocenters. The molecule has 1 heterocycles. The predicted molar refractivity (Wildman–Crippen MR) is 137 cm³/mol. The van der Waals surface area contributed by atoms with Crippen LogP contribution in [0.3, 0.4) is 0 Å². The Labute approximate surface area is 206 Å². The monoisotopic (exact) mass is 491 g/mol. The van der Waals surface area contributed by atoms with Gasteiger partial charge >= 0.3 is 0 Å². The van der Waals surface area contributed by atoms with Crippen LogP contribution in [0.5, 0.6) is 0 Å². The molecule has 182 valence electrons. The Bertz CT molecular complexity index is 1390. The third kappa shape index (κ3) is 5.38. The van der Waals surface area contributed by atoms with Gasteiger partial charge in [0.15, 0.2) is 0 Å². The molecule has 3 aromatic carbocycles. The van der Waals surface area contributed by atoms with Crippen LogP contribution >= 0.6 is 0 Å². The molecule has 2 amide bonds. The number of nitrogens with zero attached hydrogens (tertiary/aromatic N) is 1. The summed E-state index contributed by atoms with van der Waals surface area (Å²) in [4.78, 5) is 27.8. The van der Waals surface area contributed by atoms with Gasteiger partial charge in [0, 0.05) is 18.7 Å². The number of rotatable bonds is 6. The van der Waals surface area contributed by atoms with Gasteiger partial charge in [0.05, 0.1) is 21.8 Å². The Hall–Kier alpha value is -3.65. The maximum absolute atomic E-state index is 13.2. The number of carbonyl (C=O) groups is 2. The number of anilines is 2. The lowest BCUT2D eigenvalue weighted by molar-refractivity contribution is 0.0794. The van der Waals surface area contributed by atoms with Crippen LogP contribution in [0.25, 0.3) is 0 Å². The minimum atomic E-state index is -3.94. The zero-order valence-electron chi connectivity index (χ0n) is 20.1. The Morgan fingerprint density at radius 2 is 1.51 bits per heavy atom. The summed E-state index contributed by atoms with van der Waals surface area (Å²) < 4.78 is 29.1. The van der Waals surface area contributed by atoms with Gasteiger partial charge in [0.1, 0.15) is 0 Å². The molecule has 0 aromatic heterocycles. The normalized spacial score (nSPS) is 13.5. The van der Waals surface area contributed by atoms with Crippen molar-refractivity contribution in [1.29, 1.82) is 0 Å². The number of sulfonamides is 1. The van der Waals surface area contributed by atoms with Gasteiger partial charge in [0.25, 0.3) is 21.8 Å². The van der Waals surface area contributed by atoms with Crippen LogP contribution in [0.4, 0.5) is 11.4 Å². The first-order chi connectivity index (χ1) is 16.7. The van der Waals surface area contributed by atoms with Crippen LogP contribution in [0.2, 0.25) is 0 Å². The molecule has 0 bridgehead atoms. The van der Waals surface area contributed by atoms with Crippen molar-refractivity contribution in [2.45, 2.75) is 38.5 Å². The predicted octanol–water partition coefficient (Wildman–Crippen LogP) is 4.90. The van der Waals surface area contributed by atoms with Gasteiger partial charge in [-0.15, -0.1) is 0 Å². The maximum atomic E-state index is 13.2. The molecule has 0 atom stereocenters. The van der Waals surface area contributed by atoms with Crippen molar-refractivity contribution in [2.75, 3.05) is 23.1 Å². The van der Waals surface area contributed by atoms with E-state index in [0.29, 0.717) is 35.6 Å². The highest BCUT2D eigenvalue weighted by Crippen LogP contribution is 2.25. The number of hydrogen-bond donors (Lipinski definition) is 2. The molecule has 4 rings (SSSR count). The average Bonchev–Trinajstić information content (AvgIpc) is 3.36. The molecule has 8 heteroatoms. The van der Waals surface area contributed by atoms with Crippen LogP contribution < -0.4 is 10.0 Å². The molecule has 3 aromatic rings. The number of amides is 2. The Kier molecular flexibility index (Phi) is 6.93. The number of carbonyl (C=O) groups excluding carboxylic acids is 2. The fourth-order valence-corrected chi connectivity index (χ4v) is 5.53. The van der Waals surface area contributed by atoms with E-state index in [9.17, 15) is 18.0 Å². The van der Waals surface area contributed by atoms with Crippen molar-refractivity contribution in [3.05, 3.63) is 88.5 Å². The summed E-state index contributed by atoms with van der Waals surface area (Å²) in [7, 11) is -3.94. The molecule has 0 aliphatic carbocycles. The Morgan fingerprint density at radius 1 is 0.829 bits per heavy atom. The fourth-order valence-electron chi connectivity index (χ4n) is 4.14.